The first-order chi connectivity index (χ1) is 34.0. The van der Waals surface area contributed by atoms with E-state index in [-0.39, 0.29) is 31.3 Å². The average Bonchev–Trinajstić information content (AvgIpc) is 3.37. The average molecular weight is 1050 g/mol. The Labute approximate surface area is 431 Å². The van der Waals surface area contributed by atoms with E-state index in [1.807, 2.05) is 60.7 Å². The fourth-order valence-corrected chi connectivity index (χ4v) is 11.2. The molecule has 4 aliphatic rings. The second-order valence-corrected chi connectivity index (χ2v) is 20.4. The van der Waals surface area contributed by atoms with Crippen molar-refractivity contribution < 1.29 is 27.8 Å². The molecule has 14 nitrogen and oxygen atoms in total. The third kappa shape index (κ3) is 13.0. The Balaban J connectivity index is 0.000000188. The molecule has 8 heterocycles. The predicted octanol–water partition coefficient (Wildman–Crippen LogP) is 8.80. The summed E-state index contributed by atoms with van der Waals surface area (Å²) in [5.41, 5.74) is 5.33. The van der Waals surface area contributed by atoms with Crippen LogP contribution in [0.3, 0.4) is 0 Å². The minimum absolute atomic E-state index is 0. The molecule has 0 radical (unpaired) electrons. The molecule has 0 unspecified atom stereocenters. The van der Waals surface area contributed by atoms with Gasteiger partial charge in [-0.2, -0.15) is 0 Å². The van der Waals surface area contributed by atoms with Gasteiger partial charge in [-0.05, 0) is 111 Å². The molecule has 4 aromatic heterocycles. The maximum absolute atomic E-state index is 15.0. The molecule has 0 saturated carbocycles. The summed E-state index contributed by atoms with van der Waals surface area (Å²) in [5.74, 6) is 3.43. The number of hydrogen-bond donors (Lipinski definition) is 4. The summed E-state index contributed by atoms with van der Waals surface area (Å²) in [6.07, 6.45) is 4.21. The zero-order valence-corrected chi connectivity index (χ0v) is 41.9. The highest BCUT2D eigenvalue weighted by Crippen LogP contribution is 2.33. The molecule has 0 bridgehead atoms. The van der Waals surface area contributed by atoms with Crippen molar-refractivity contribution in [2.45, 2.75) is 80.4 Å². The normalized spacial score (nSPS) is 20.2. The van der Waals surface area contributed by atoms with Gasteiger partial charge in [0.05, 0.1) is 68.0 Å². The van der Waals surface area contributed by atoms with Crippen LogP contribution >= 0.6 is 46.7 Å². The maximum Gasteiger partial charge on any atom is 0.235 e. The zero-order valence-electron chi connectivity index (χ0n) is 38.8. The highest BCUT2D eigenvalue weighted by molar-refractivity contribution is 8.00. The van der Waals surface area contributed by atoms with Crippen molar-refractivity contribution in [2.75, 3.05) is 75.6 Å². The summed E-state index contributed by atoms with van der Waals surface area (Å²) in [5, 5.41) is 15.4. The van der Waals surface area contributed by atoms with Gasteiger partial charge in [-0.15, -0.1) is 23.5 Å². The number of rotatable bonds is 14. The zero-order chi connectivity index (χ0) is 48.7. The number of piperidine rings is 2. The number of nitrogens with zero attached hydrogens (tertiary/aromatic N) is 6. The number of pyridine rings is 4. The molecule has 71 heavy (non-hydrogen) atoms. The van der Waals surface area contributed by atoms with E-state index < -0.39 is 12.3 Å². The van der Waals surface area contributed by atoms with Crippen molar-refractivity contribution >= 4 is 92.0 Å². The van der Waals surface area contributed by atoms with Crippen molar-refractivity contribution in [3.8, 4) is 11.5 Å². The number of aromatic nitrogens is 4. The maximum atomic E-state index is 15.0. The van der Waals surface area contributed by atoms with Crippen LogP contribution in [0.5, 0.6) is 11.5 Å². The van der Waals surface area contributed by atoms with E-state index in [2.05, 4.69) is 51.0 Å². The summed E-state index contributed by atoms with van der Waals surface area (Å²) < 4.78 is 40.8. The molecular weight excluding hydrogens is 990 g/mol. The second kappa shape index (κ2) is 24.2. The number of ether oxygens (including phenoxy) is 2. The minimum Gasteiger partial charge on any atom is -0.497 e. The van der Waals surface area contributed by atoms with Crippen molar-refractivity contribution in [3.63, 3.8) is 0 Å². The lowest BCUT2D eigenvalue weighted by Gasteiger charge is -2.35. The van der Waals surface area contributed by atoms with Gasteiger partial charge in [0.15, 0.2) is 0 Å². The highest BCUT2D eigenvalue weighted by Gasteiger charge is 2.31. The van der Waals surface area contributed by atoms with Gasteiger partial charge in [0.1, 0.15) is 35.5 Å². The first-order valence-corrected chi connectivity index (χ1v) is 26.0. The number of nitrogens with one attached hydrogen (secondary N) is 4. The topological polar surface area (TPSA) is 159 Å². The number of likely N-dealkylation sites (tertiary alicyclic amines) is 2. The van der Waals surface area contributed by atoms with Gasteiger partial charge in [-0.3, -0.25) is 29.4 Å². The summed E-state index contributed by atoms with van der Waals surface area (Å²) in [4.78, 5) is 47.3. The van der Waals surface area contributed by atoms with Gasteiger partial charge in [0.25, 0.3) is 0 Å². The Bertz CT molecular complexity index is 2680. The standard InChI is InChI=1S/2C25H27ClFN5O2S.CH4/c2*1-34-16-3-4-21-18(10-16)17(19(26)12-29-21)6-8-32-9-7-22(20(27)13-32)28-11-15-2-5-23-25(30-15)31-24(33)14-35-23;/h2*2-5,10,12,20,22,28H,6-9,11,13-14H2,1H3,(H,30,31,33);1H4/t2*20-,22+;/m10./s1. The lowest BCUT2D eigenvalue weighted by molar-refractivity contribution is -0.114. The highest BCUT2D eigenvalue weighted by atomic mass is 35.5. The Morgan fingerprint density at radius 1 is 0.676 bits per heavy atom. The fourth-order valence-electron chi connectivity index (χ4n) is 9.18. The fraction of sp³-hybridized carbons (Fsp3) is 0.412. The molecule has 20 heteroatoms. The number of amides is 2. The first-order valence-electron chi connectivity index (χ1n) is 23.3. The Hall–Kier alpha value is -4.92. The van der Waals surface area contributed by atoms with Crippen LogP contribution in [-0.4, -0.2) is 131 Å². The summed E-state index contributed by atoms with van der Waals surface area (Å²) >= 11 is 15.9. The lowest BCUT2D eigenvalue weighted by atomic mass is 10.0. The number of alkyl halides is 2. The third-order valence-electron chi connectivity index (χ3n) is 13.0. The molecule has 2 fully saturated rings. The smallest absolute Gasteiger partial charge is 0.235 e. The molecule has 6 aromatic rings. The van der Waals surface area contributed by atoms with Gasteiger partial charge >= 0.3 is 0 Å². The van der Waals surface area contributed by atoms with E-state index in [9.17, 15) is 9.59 Å². The number of fused-ring (bicyclic) bond motifs is 4. The van der Waals surface area contributed by atoms with E-state index in [0.29, 0.717) is 98.1 Å². The number of thioether (sulfide) groups is 2. The Morgan fingerprint density at radius 2 is 1.11 bits per heavy atom. The number of benzene rings is 2. The van der Waals surface area contributed by atoms with Crippen LogP contribution < -0.4 is 30.7 Å². The lowest BCUT2D eigenvalue weighted by Crippen LogP contribution is -2.51. The molecule has 0 aliphatic carbocycles. The van der Waals surface area contributed by atoms with Gasteiger partial charge in [0, 0.05) is 74.5 Å². The van der Waals surface area contributed by atoms with Gasteiger partial charge in [0.2, 0.25) is 11.8 Å². The minimum atomic E-state index is -0.985. The molecule has 4 atom stereocenters. The number of carbonyl (C=O) groups excluding carboxylic acids is 2. The molecule has 10 rings (SSSR count). The van der Waals surface area contributed by atoms with E-state index in [0.717, 1.165) is 78.7 Å². The van der Waals surface area contributed by atoms with Crippen molar-refractivity contribution in [1.29, 1.82) is 0 Å². The summed E-state index contributed by atoms with van der Waals surface area (Å²) in [6, 6.07) is 18.8. The van der Waals surface area contributed by atoms with Gasteiger partial charge in [-0.1, -0.05) is 30.6 Å². The predicted molar refractivity (Wildman–Crippen MR) is 281 cm³/mol. The summed E-state index contributed by atoms with van der Waals surface area (Å²) in [6.45, 7) is 4.68. The Kier molecular flexibility index (Phi) is 17.9. The van der Waals surface area contributed by atoms with E-state index >= 15 is 8.78 Å². The quantitative estimate of drug-likeness (QED) is 0.0820. The molecule has 2 saturated heterocycles. The number of carbonyl (C=O) groups is 2. The van der Waals surface area contributed by atoms with Gasteiger partial charge < -0.3 is 30.7 Å². The summed E-state index contributed by atoms with van der Waals surface area (Å²) in [7, 11) is 3.27. The van der Waals surface area contributed by atoms with Crippen LogP contribution in [0.25, 0.3) is 21.8 Å². The van der Waals surface area contributed by atoms with E-state index in [1.165, 1.54) is 23.5 Å². The monoisotopic (exact) mass is 1050 g/mol. The number of hydrogen-bond acceptors (Lipinski definition) is 14. The molecule has 0 spiro atoms. The van der Waals surface area contributed by atoms with Crippen LogP contribution in [0.15, 0.2) is 82.8 Å². The number of halogens is 4. The molecule has 4 N–H and O–H groups in total. The van der Waals surface area contributed by atoms with Crippen LogP contribution in [-0.2, 0) is 35.5 Å². The van der Waals surface area contributed by atoms with E-state index in [1.54, 1.807) is 26.6 Å². The number of methoxy groups -OCH3 is 2. The Morgan fingerprint density at radius 3 is 1.52 bits per heavy atom. The van der Waals surface area contributed by atoms with Crippen molar-refractivity contribution in [3.05, 3.63) is 106 Å². The van der Waals surface area contributed by atoms with Gasteiger partial charge in [-0.25, -0.2) is 18.7 Å². The molecule has 376 valence electrons. The van der Waals surface area contributed by atoms with Crippen molar-refractivity contribution in [2.24, 2.45) is 0 Å². The molecular formula is C51H58Cl2F2N10O4S2. The second-order valence-electron chi connectivity index (χ2n) is 17.6. The van der Waals surface area contributed by atoms with Crippen LogP contribution in [0, 0.1) is 0 Å². The first kappa shape index (κ1) is 52.4. The SMILES string of the molecule is C.COc1ccc2ncc(Cl)c(CCN3CC[C@@H](NCc4ccc5c(n4)NC(=O)CS5)[C@@H](F)C3)c2c1.COc1ccc2ncc(Cl)c(CCN3CC[C@H](NCc4ccc5c(n4)NC(=O)CS5)[C@H](F)C3)c2c1. The van der Waals surface area contributed by atoms with E-state index in [4.69, 9.17) is 32.7 Å². The third-order valence-corrected chi connectivity index (χ3v) is 15.8. The molecule has 2 aromatic carbocycles. The molecule has 2 amide bonds. The van der Waals surface area contributed by atoms with Crippen LogP contribution in [0.4, 0.5) is 20.4 Å². The van der Waals surface area contributed by atoms with Crippen LogP contribution in [0.2, 0.25) is 10.0 Å². The van der Waals surface area contributed by atoms with Crippen molar-refractivity contribution in [1.82, 2.24) is 40.4 Å². The largest absolute Gasteiger partial charge is 0.497 e. The van der Waals surface area contributed by atoms with Crippen LogP contribution in [0.1, 0.15) is 42.8 Å². The number of anilines is 2. The molecule has 4 aliphatic heterocycles.